The van der Waals surface area contributed by atoms with Crippen LogP contribution in [0.25, 0.3) is 0 Å². The fraction of sp³-hybridized carbons (Fsp3) is 0.471. The van der Waals surface area contributed by atoms with Crippen molar-refractivity contribution < 1.29 is 4.79 Å². The highest BCUT2D eigenvalue weighted by atomic mass is 16.1. The number of hydrogen-bond donors (Lipinski definition) is 2. The quantitative estimate of drug-likeness (QED) is 0.809. The van der Waals surface area contributed by atoms with Crippen molar-refractivity contribution in [2.75, 3.05) is 6.54 Å². The van der Waals surface area contributed by atoms with E-state index in [-0.39, 0.29) is 22.8 Å². The minimum atomic E-state index is -0.0213. The average Bonchev–Trinajstić information content (AvgIpc) is 2.79. The third kappa shape index (κ3) is 2.44. The van der Waals surface area contributed by atoms with Gasteiger partial charge in [0.05, 0.1) is 6.54 Å². The van der Waals surface area contributed by atoms with Crippen LogP contribution in [0.1, 0.15) is 43.6 Å². The Hall–Kier alpha value is -1.79. The number of carbonyl (C=O) groups excluding carboxylic acids is 1. The highest BCUT2D eigenvalue weighted by Gasteiger charge is 2.65. The summed E-state index contributed by atoms with van der Waals surface area (Å²) in [7, 11) is 0. The minimum Gasteiger partial charge on any atom is -0.348 e. The summed E-state index contributed by atoms with van der Waals surface area (Å²) in [6.45, 7) is 9.08. The molecular formula is C17H22N2O. The van der Waals surface area contributed by atoms with Gasteiger partial charge in [0.25, 0.3) is 5.91 Å². The summed E-state index contributed by atoms with van der Waals surface area (Å²) < 4.78 is 0. The molecule has 1 fully saturated rings. The second-order valence-electron chi connectivity index (χ2n) is 6.43. The summed E-state index contributed by atoms with van der Waals surface area (Å²) in [5.74, 6) is 5.72. The van der Waals surface area contributed by atoms with E-state index in [9.17, 15) is 4.79 Å². The Labute approximate surface area is 120 Å². The Kier molecular flexibility index (Phi) is 3.62. The molecule has 3 nitrogen and oxygen atoms in total. The fourth-order valence-corrected chi connectivity index (χ4v) is 2.63. The number of nitrogens with two attached hydrogens (primary N) is 1. The Morgan fingerprint density at radius 3 is 2.20 bits per heavy atom. The molecule has 0 unspecified atom stereocenters. The highest BCUT2D eigenvalue weighted by Crippen LogP contribution is 2.62. The van der Waals surface area contributed by atoms with Gasteiger partial charge in [-0.15, -0.1) is 0 Å². The van der Waals surface area contributed by atoms with Crippen molar-refractivity contribution in [3.8, 4) is 11.8 Å². The molecule has 1 aliphatic rings. The standard InChI is InChI=1S/C17H22N2O/c1-16(2)15(17(16,3)4)19-14(20)13-9-7-12(8-10-13)6-5-11-18/h7-10,15H,11,18H2,1-4H3,(H,19,20). The second kappa shape index (κ2) is 4.96. The van der Waals surface area contributed by atoms with Crippen LogP contribution in [0.3, 0.4) is 0 Å². The van der Waals surface area contributed by atoms with Crippen molar-refractivity contribution in [1.82, 2.24) is 5.32 Å². The van der Waals surface area contributed by atoms with Crippen LogP contribution < -0.4 is 11.1 Å². The van der Waals surface area contributed by atoms with Gasteiger partial charge in [-0.25, -0.2) is 0 Å². The van der Waals surface area contributed by atoms with E-state index in [1.54, 1.807) is 12.1 Å². The van der Waals surface area contributed by atoms with Crippen LogP contribution in [0.4, 0.5) is 0 Å². The first kappa shape index (κ1) is 14.6. The lowest BCUT2D eigenvalue weighted by Gasteiger charge is -2.07. The van der Waals surface area contributed by atoms with Crippen LogP contribution in [0, 0.1) is 22.7 Å². The van der Waals surface area contributed by atoms with E-state index in [0.29, 0.717) is 12.1 Å². The van der Waals surface area contributed by atoms with Crippen LogP contribution >= 0.6 is 0 Å². The lowest BCUT2D eigenvalue weighted by molar-refractivity contribution is 0.0943. The number of carbonyl (C=O) groups is 1. The molecule has 1 amide bonds. The summed E-state index contributed by atoms with van der Waals surface area (Å²) in [5.41, 5.74) is 7.17. The molecule has 3 N–H and O–H groups in total. The van der Waals surface area contributed by atoms with Gasteiger partial charge in [0.15, 0.2) is 0 Å². The summed E-state index contributed by atoms with van der Waals surface area (Å²) in [6, 6.07) is 7.53. The number of nitrogens with one attached hydrogen (secondary N) is 1. The van der Waals surface area contributed by atoms with Gasteiger partial charge in [0, 0.05) is 17.2 Å². The van der Waals surface area contributed by atoms with Gasteiger partial charge in [-0.2, -0.15) is 0 Å². The zero-order chi connectivity index (χ0) is 15.0. The smallest absolute Gasteiger partial charge is 0.251 e. The molecule has 0 aromatic heterocycles. The predicted molar refractivity (Wildman–Crippen MR) is 81.2 cm³/mol. The fourth-order valence-electron chi connectivity index (χ4n) is 2.63. The number of amides is 1. The summed E-state index contributed by atoms with van der Waals surface area (Å²) in [5, 5.41) is 3.12. The monoisotopic (exact) mass is 270 g/mol. The van der Waals surface area contributed by atoms with Crippen LogP contribution in [0.5, 0.6) is 0 Å². The van der Waals surface area contributed by atoms with E-state index >= 15 is 0 Å². The lowest BCUT2D eigenvalue weighted by Crippen LogP contribution is -2.29. The minimum absolute atomic E-state index is 0.0213. The van der Waals surface area contributed by atoms with Gasteiger partial charge in [-0.1, -0.05) is 39.5 Å². The van der Waals surface area contributed by atoms with E-state index in [2.05, 4.69) is 44.9 Å². The molecule has 0 aliphatic heterocycles. The van der Waals surface area contributed by atoms with Gasteiger partial charge >= 0.3 is 0 Å². The summed E-state index contributed by atoms with van der Waals surface area (Å²) in [6.07, 6.45) is 0. The van der Waals surface area contributed by atoms with E-state index < -0.39 is 0 Å². The SMILES string of the molecule is CC1(C)C(NC(=O)c2ccc(C#CCN)cc2)C1(C)C. The third-order valence-electron chi connectivity index (χ3n) is 4.78. The molecule has 2 rings (SSSR count). The molecule has 1 aromatic rings. The van der Waals surface area contributed by atoms with Crippen molar-refractivity contribution in [2.45, 2.75) is 33.7 Å². The molecule has 0 radical (unpaired) electrons. The zero-order valence-corrected chi connectivity index (χ0v) is 12.6. The highest BCUT2D eigenvalue weighted by molar-refractivity contribution is 5.94. The maximum atomic E-state index is 12.2. The van der Waals surface area contributed by atoms with Crippen LogP contribution in [0.15, 0.2) is 24.3 Å². The zero-order valence-electron chi connectivity index (χ0n) is 12.6. The van der Waals surface area contributed by atoms with E-state index in [1.165, 1.54) is 0 Å². The molecule has 0 heterocycles. The first-order chi connectivity index (χ1) is 9.30. The molecule has 1 aromatic carbocycles. The summed E-state index contributed by atoms with van der Waals surface area (Å²) >= 11 is 0. The Morgan fingerprint density at radius 1 is 1.20 bits per heavy atom. The predicted octanol–water partition coefficient (Wildman–Crippen LogP) is 2.16. The molecule has 1 saturated carbocycles. The Balaban J connectivity index is 2.04. The van der Waals surface area contributed by atoms with Gasteiger partial charge in [0.2, 0.25) is 0 Å². The van der Waals surface area contributed by atoms with Crippen molar-refractivity contribution in [3.63, 3.8) is 0 Å². The normalized spacial score (nSPS) is 18.9. The molecular weight excluding hydrogens is 248 g/mol. The third-order valence-corrected chi connectivity index (χ3v) is 4.78. The number of rotatable bonds is 2. The molecule has 1 aliphatic carbocycles. The average molecular weight is 270 g/mol. The number of benzene rings is 1. The maximum Gasteiger partial charge on any atom is 0.251 e. The van der Waals surface area contributed by atoms with Crippen LogP contribution in [-0.4, -0.2) is 18.5 Å². The first-order valence-electron chi connectivity index (χ1n) is 6.90. The number of hydrogen-bond acceptors (Lipinski definition) is 2. The van der Waals surface area contributed by atoms with Gasteiger partial charge in [-0.3, -0.25) is 4.79 Å². The van der Waals surface area contributed by atoms with E-state index in [1.807, 2.05) is 12.1 Å². The van der Waals surface area contributed by atoms with E-state index in [0.717, 1.165) is 5.56 Å². The van der Waals surface area contributed by atoms with Crippen molar-refractivity contribution >= 4 is 5.91 Å². The molecule has 3 heteroatoms. The first-order valence-corrected chi connectivity index (χ1v) is 6.90. The van der Waals surface area contributed by atoms with Gasteiger partial charge in [-0.05, 0) is 35.1 Å². The van der Waals surface area contributed by atoms with Gasteiger partial charge in [0.1, 0.15) is 0 Å². The van der Waals surface area contributed by atoms with Crippen LogP contribution in [0.2, 0.25) is 0 Å². The molecule has 20 heavy (non-hydrogen) atoms. The molecule has 0 bridgehead atoms. The lowest BCUT2D eigenvalue weighted by atomic mass is 10.0. The van der Waals surface area contributed by atoms with Gasteiger partial charge < -0.3 is 11.1 Å². The summed E-state index contributed by atoms with van der Waals surface area (Å²) in [4.78, 5) is 12.2. The molecule has 0 saturated heterocycles. The Bertz CT molecular complexity index is 559. The molecule has 0 spiro atoms. The van der Waals surface area contributed by atoms with Crippen molar-refractivity contribution in [3.05, 3.63) is 35.4 Å². The maximum absolute atomic E-state index is 12.2. The van der Waals surface area contributed by atoms with E-state index in [4.69, 9.17) is 5.73 Å². The largest absolute Gasteiger partial charge is 0.348 e. The Morgan fingerprint density at radius 2 is 1.75 bits per heavy atom. The molecule has 0 atom stereocenters. The second-order valence-corrected chi connectivity index (χ2v) is 6.43. The van der Waals surface area contributed by atoms with Crippen LogP contribution in [-0.2, 0) is 0 Å². The topological polar surface area (TPSA) is 55.1 Å². The van der Waals surface area contributed by atoms with Crippen molar-refractivity contribution in [1.29, 1.82) is 0 Å². The molecule has 106 valence electrons. The van der Waals surface area contributed by atoms with Crippen molar-refractivity contribution in [2.24, 2.45) is 16.6 Å².